The Morgan fingerprint density at radius 3 is 2.56 bits per heavy atom. The van der Waals surface area contributed by atoms with Crippen molar-refractivity contribution in [1.82, 2.24) is 9.78 Å². The Morgan fingerprint density at radius 2 is 2.06 bits per heavy atom. The molecule has 94 valence electrons. The second-order valence-corrected chi connectivity index (χ2v) is 5.04. The SMILES string of the molecule is Cn1ccc(CC(C(=O)O)c2ccc(Br)cc2)n1. The van der Waals surface area contributed by atoms with Crippen molar-refractivity contribution in [1.29, 1.82) is 0 Å². The molecule has 1 atom stereocenters. The zero-order chi connectivity index (χ0) is 13.1. The number of hydrogen-bond donors (Lipinski definition) is 1. The Bertz CT molecular complexity index is 548. The molecule has 1 unspecified atom stereocenters. The van der Waals surface area contributed by atoms with Gasteiger partial charge in [0.25, 0.3) is 0 Å². The topological polar surface area (TPSA) is 55.1 Å². The van der Waals surface area contributed by atoms with Crippen LogP contribution in [0, 0.1) is 0 Å². The number of rotatable bonds is 4. The summed E-state index contributed by atoms with van der Waals surface area (Å²) in [5, 5.41) is 13.5. The second-order valence-electron chi connectivity index (χ2n) is 4.13. The van der Waals surface area contributed by atoms with E-state index in [2.05, 4.69) is 21.0 Å². The number of aromatic nitrogens is 2. The first kappa shape index (κ1) is 12.8. The molecule has 1 N–H and O–H groups in total. The quantitative estimate of drug-likeness (QED) is 0.944. The minimum atomic E-state index is -0.831. The van der Waals surface area contributed by atoms with Gasteiger partial charge >= 0.3 is 5.97 Å². The van der Waals surface area contributed by atoms with E-state index in [-0.39, 0.29) is 0 Å². The molecule has 18 heavy (non-hydrogen) atoms. The Kier molecular flexibility index (Phi) is 3.81. The Labute approximate surface area is 113 Å². The number of aliphatic carboxylic acids is 1. The van der Waals surface area contributed by atoms with Crippen LogP contribution < -0.4 is 0 Å². The summed E-state index contributed by atoms with van der Waals surface area (Å²) in [6, 6.07) is 9.19. The maximum Gasteiger partial charge on any atom is 0.311 e. The summed E-state index contributed by atoms with van der Waals surface area (Å²) in [6.07, 6.45) is 2.22. The van der Waals surface area contributed by atoms with Gasteiger partial charge in [0.1, 0.15) is 0 Å². The zero-order valence-electron chi connectivity index (χ0n) is 9.88. The van der Waals surface area contributed by atoms with Crippen molar-refractivity contribution >= 4 is 21.9 Å². The zero-order valence-corrected chi connectivity index (χ0v) is 11.5. The summed E-state index contributed by atoms with van der Waals surface area (Å²) in [7, 11) is 1.82. The van der Waals surface area contributed by atoms with Gasteiger partial charge in [0.2, 0.25) is 0 Å². The summed E-state index contributed by atoms with van der Waals surface area (Å²) < 4.78 is 2.61. The van der Waals surface area contributed by atoms with Gasteiger partial charge < -0.3 is 5.11 Å². The Morgan fingerprint density at radius 1 is 1.39 bits per heavy atom. The minimum absolute atomic E-state index is 0.401. The maximum absolute atomic E-state index is 11.3. The molecular formula is C13H13BrN2O2. The lowest BCUT2D eigenvalue weighted by molar-refractivity contribution is -0.138. The van der Waals surface area contributed by atoms with Crippen LogP contribution in [-0.4, -0.2) is 20.9 Å². The van der Waals surface area contributed by atoms with Crippen molar-refractivity contribution in [2.45, 2.75) is 12.3 Å². The van der Waals surface area contributed by atoms with Crippen LogP contribution in [0.25, 0.3) is 0 Å². The normalized spacial score (nSPS) is 12.3. The molecule has 2 aromatic rings. The third-order valence-corrected chi connectivity index (χ3v) is 3.28. The predicted octanol–water partition coefficient (Wildman–Crippen LogP) is 2.59. The molecule has 0 spiro atoms. The number of carbonyl (C=O) groups is 1. The first-order chi connectivity index (χ1) is 8.56. The maximum atomic E-state index is 11.3. The van der Waals surface area contributed by atoms with Crippen LogP contribution in [0.2, 0.25) is 0 Å². The van der Waals surface area contributed by atoms with E-state index in [0.717, 1.165) is 15.7 Å². The van der Waals surface area contributed by atoms with Crippen molar-refractivity contribution in [3.8, 4) is 0 Å². The standard InChI is InChI=1S/C13H13BrN2O2/c1-16-7-6-11(15-16)8-12(13(17)18)9-2-4-10(14)5-3-9/h2-7,12H,8H2,1H3,(H,17,18). The van der Waals surface area contributed by atoms with E-state index in [0.29, 0.717) is 6.42 Å². The summed E-state index contributed by atoms with van der Waals surface area (Å²) in [5.41, 5.74) is 1.57. The molecule has 0 saturated carbocycles. The second kappa shape index (κ2) is 5.35. The lowest BCUT2D eigenvalue weighted by atomic mass is 9.94. The Balaban J connectivity index is 2.23. The molecule has 1 aromatic heterocycles. The van der Waals surface area contributed by atoms with Crippen molar-refractivity contribution in [2.75, 3.05) is 0 Å². The first-order valence-corrected chi connectivity index (χ1v) is 6.32. The average molecular weight is 309 g/mol. The van der Waals surface area contributed by atoms with Gasteiger partial charge in [0, 0.05) is 24.1 Å². The molecule has 0 aliphatic heterocycles. The molecule has 0 aliphatic rings. The van der Waals surface area contributed by atoms with Gasteiger partial charge in [-0.2, -0.15) is 5.10 Å². The molecule has 0 amide bonds. The lowest BCUT2D eigenvalue weighted by Gasteiger charge is -2.11. The van der Waals surface area contributed by atoms with Crippen LogP contribution in [0.4, 0.5) is 0 Å². The molecule has 5 heteroatoms. The average Bonchev–Trinajstić information content (AvgIpc) is 2.73. The third kappa shape index (κ3) is 2.98. The fraction of sp³-hybridized carbons (Fsp3) is 0.231. The van der Waals surface area contributed by atoms with E-state index in [1.165, 1.54) is 0 Å². The molecule has 1 heterocycles. The van der Waals surface area contributed by atoms with Gasteiger partial charge in [-0.1, -0.05) is 28.1 Å². The van der Waals surface area contributed by atoms with Crippen LogP contribution in [0.3, 0.4) is 0 Å². The van der Waals surface area contributed by atoms with Crippen LogP contribution in [-0.2, 0) is 18.3 Å². The fourth-order valence-corrected chi connectivity index (χ4v) is 2.09. The van der Waals surface area contributed by atoms with Gasteiger partial charge in [-0.25, -0.2) is 0 Å². The van der Waals surface area contributed by atoms with Crippen molar-refractivity contribution in [2.24, 2.45) is 7.05 Å². The number of halogens is 1. The van der Waals surface area contributed by atoms with Crippen molar-refractivity contribution < 1.29 is 9.90 Å². The van der Waals surface area contributed by atoms with Gasteiger partial charge in [0.05, 0.1) is 11.6 Å². The molecule has 2 rings (SSSR count). The number of aryl methyl sites for hydroxylation is 1. The van der Waals surface area contributed by atoms with Crippen LogP contribution in [0.5, 0.6) is 0 Å². The van der Waals surface area contributed by atoms with Crippen LogP contribution in [0.1, 0.15) is 17.2 Å². The lowest BCUT2D eigenvalue weighted by Crippen LogP contribution is -2.14. The van der Waals surface area contributed by atoms with E-state index in [1.54, 1.807) is 4.68 Å². The molecule has 4 nitrogen and oxygen atoms in total. The van der Waals surface area contributed by atoms with Crippen LogP contribution >= 0.6 is 15.9 Å². The predicted molar refractivity (Wildman–Crippen MR) is 71.4 cm³/mol. The van der Waals surface area contributed by atoms with Gasteiger partial charge in [0.15, 0.2) is 0 Å². The highest BCUT2D eigenvalue weighted by atomic mass is 79.9. The van der Waals surface area contributed by atoms with Gasteiger partial charge in [-0.05, 0) is 23.8 Å². The summed E-state index contributed by atoms with van der Waals surface area (Å²) in [5.74, 6) is -1.39. The fourth-order valence-electron chi connectivity index (χ4n) is 1.82. The summed E-state index contributed by atoms with van der Waals surface area (Å²) in [6.45, 7) is 0. The summed E-state index contributed by atoms with van der Waals surface area (Å²) >= 11 is 3.34. The highest BCUT2D eigenvalue weighted by molar-refractivity contribution is 9.10. The smallest absolute Gasteiger partial charge is 0.311 e. The highest BCUT2D eigenvalue weighted by Crippen LogP contribution is 2.22. The number of hydrogen-bond acceptors (Lipinski definition) is 2. The summed E-state index contributed by atoms with van der Waals surface area (Å²) in [4.78, 5) is 11.3. The largest absolute Gasteiger partial charge is 0.481 e. The number of carboxylic acid groups (broad SMARTS) is 1. The molecule has 0 fully saturated rings. The number of benzene rings is 1. The Hall–Kier alpha value is -1.62. The molecule has 0 aliphatic carbocycles. The van der Waals surface area contributed by atoms with Gasteiger partial charge in [-0.15, -0.1) is 0 Å². The molecule has 0 radical (unpaired) electrons. The molecule has 1 aromatic carbocycles. The number of nitrogens with zero attached hydrogens (tertiary/aromatic N) is 2. The molecule has 0 bridgehead atoms. The van der Waals surface area contributed by atoms with E-state index in [4.69, 9.17) is 0 Å². The van der Waals surface area contributed by atoms with E-state index in [1.807, 2.05) is 43.6 Å². The van der Waals surface area contributed by atoms with Crippen molar-refractivity contribution in [3.05, 3.63) is 52.3 Å². The van der Waals surface area contributed by atoms with E-state index >= 15 is 0 Å². The molecule has 0 saturated heterocycles. The monoisotopic (exact) mass is 308 g/mol. The minimum Gasteiger partial charge on any atom is -0.481 e. The highest BCUT2D eigenvalue weighted by Gasteiger charge is 2.21. The van der Waals surface area contributed by atoms with Crippen LogP contribution in [0.15, 0.2) is 41.0 Å². The molecular weight excluding hydrogens is 296 g/mol. The van der Waals surface area contributed by atoms with E-state index in [9.17, 15) is 9.90 Å². The van der Waals surface area contributed by atoms with E-state index < -0.39 is 11.9 Å². The first-order valence-electron chi connectivity index (χ1n) is 5.53. The third-order valence-electron chi connectivity index (χ3n) is 2.75. The van der Waals surface area contributed by atoms with Gasteiger partial charge in [-0.3, -0.25) is 9.48 Å². The van der Waals surface area contributed by atoms with Crippen molar-refractivity contribution in [3.63, 3.8) is 0 Å². The number of carboxylic acids is 1.